The quantitative estimate of drug-likeness (QED) is 0.569. The van der Waals surface area contributed by atoms with Crippen LogP contribution in [0.2, 0.25) is 0 Å². The Hall–Kier alpha value is -0.180. The summed E-state index contributed by atoms with van der Waals surface area (Å²) in [5.41, 5.74) is 0. The first-order valence-corrected chi connectivity index (χ1v) is 4.29. The molecule has 0 amide bonds. The Morgan fingerprint density at radius 1 is 1.27 bits per heavy atom. The highest BCUT2D eigenvalue weighted by molar-refractivity contribution is 4.93. The van der Waals surface area contributed by atoms with Crippen LogP contribution in [0, 0.1) is 11.8 Å². The van der Waals surface area contributed by atoms with E-state index < -0.39 is 5.92 Å². The largest absolute Gasteiger partial charge is 0.316 e. The molecule has 0 spiro atoms. The van der Waals surface area contributed by atoms with Gasteiger partial charge in [-0.1, -0.05) is 0 Å². The third kappa shape index (κ3) is 1.15. The van der Waals surface area contributed by atoms with Crippen LogP contribution < -0.4 is 5.32 Å². The molecule has 0 aromatic rings. The number of alkyl halides is 2. The summed E-state index contributed by atoms with van der Waals surface area (Å²) in [4.78, 5) is 0. The van der Waals surface area contributed by atoms with Crippen LogP contribution in [0.25, 0.3) is 0 Å². The first-order valence-electron chi connectivity index (χ1n) is 4.29. The third-order valence-corrected chi connectivity index (χ3v) is 2.97. The van der Waals surface area contributed by atoms with Crippen molar-refractivity contribution in [2.75, 3.05) is 13.1 Å². The van der Waals surface area contributed by atoms with Gasteiger partial charge in [0.2, 0.25) is 0 Å². The average molecular weight is 161 g/mol. The molecule has 0 aromatic carbocycles. The minimum Gasteiger partial charge on any atom is -0.316 e. The highest BCUT2D eigenvalue weighted by Gasteiger charge is 2.48. The Balaban J connectivity index is 2.13. The second-order valence-electron chi connectivity index (χ2n) is 3.68. The zero-order valence-corrected chi connectivity index (χ0v) is 6.45. The van der Waals surface area contributed by atoms with E-state index in [2.05, 4.69) is 5.32 Å². The van der Waals surface area contributed by atoms with E-state index in [-0.39, 0.29) is 18.3 Å². The predicted octanol–water partition coefficient (Wildman–Crippen LogP) is 1.64. The van der Waals surface area contributed by atoms with Gasteiger partial charge in [0.15, 0.2) is 0 Å². The molecule has 1 N–H and O–H groups in total. The van der Waals surface area contributed by atoms with E-state index in [0.29, 0.717) is 13.0 Å². The molecule has 2 atom stereocenters. The summed E-state index contributed by atoms with van der Waals surface area (Å²) in [5.74, 6) is -2.50. The van der Waals surface area contributed by atoms with E-state index in [4.69, 9.17) is 0 Å². The Kier molecular flexibility index (Phi) is 1.63. The zero-order chi connectivity index (χ0) is 7.90. The molecule has 1 saturated heterocycles. The number of hydrogen-bond donors (Lipinski definition) is 1. The van der Waals surface area contributed by atoms with E-state index in [0.717, 1.165) is 13.0 Å². The van der Waals surface area contributed by atoms with Gasteiger partial charge in [0.1, 0.15) is 0 Å². The van der Waals surface area contributed by atoms with Crippen LogP contribution in [0.15, 0.2) is 0 Å². The van der Waals surface area contributed by atoms with E-state index >= 15 is 0 Å². The maximum atomic E-state index is 13.1. The lowest BCUT2D eigenvalue weighted by molar-refractivity contribution is -0.0932. The minimum atomic E-state index is -2.38. The van der Waals surface area contributed by atoms with Crippen molar-refractivity contribution < 1.29 is 8.78 Å². The molecule has 2 aliphatic rings. The molecule has 1 aliphatic carbocycles. The van der Waals surface area contributed by atoms with Gasteiger partial charge < -0.3 is 5.32 Å². The fourth-order valence-electron chi connectivity index (χ4n) is 2.32. The van der Waals surface area contributed by atoms with Crippen LogP contribution in [0.4, 0.5) is 8.78 Å². The van der Waals surface area contributed by atoms with Crippen molar-refractivity contribution in [1.29, 1.82) is 0 Å². The Bertz CT molecular complexity index is 158. The number of nitrogens with one attached hydrogen (secondary N) is 1. The number of halogens is 2. The summed E-state index contributed by atoms with van der Waals surface area (Å²) < 4.78 is 26.2. The topological polar surface area (TPSA) is 12.0 Å². The molecule has 2 fully saturated rings. The van der Waals surface area contributed by atoms with E-state index in [1.54, 1.807) is 0 Å². The first kappa shape index (κ1) is 7.47. The van der Waals surface area contributed by atoms with Crippen molar-refractivity contribution in [2.45, 2.75) is 25.2 Å². The van der Waals surface area contributed by atoms with Gasteiger partial charge in [-0.25, -0.2) is 8.78 Å². The lowest BCUT2D eigenvalue weighted by Crippen LogP contribution is -2.37. The molecule has 64 valence electrons. The fraction of sp³-hybridized carbons (Fsp3) is 1.00. The molecule has 3 heteroatoms. The highest BCUT2D eigenvalue weighted by Crippen LogP contribution is 2.43. The van der Waals surface area contributed by atoms with E-state index in [1.165, 1.54) is 0 Å². The van der Waals surface area contributed by atoms with Gasteiger partial charge in [-0.2, -0.15) is 0 Å². The number of rotatable bonds is 0. The minimum absolute atomic E-state index is 0.107. The highest BCUT2D eigenvalue weighted by atomic mass is 19.3. The molecule has 11 heavy (non-hydrogen) atoms. The van der Waals surface area contributed by atoms with Crippen molar-refractivity contribution in [1.82, 2.24) is 5.32 Å². The van der Waals surface area contributed by atoms with Crippen molar-refractivity contribution in [3.05, 3.63) is 0 Å². The molecule has 0 unspecified atom stereocenters. The van der Waals surface area contributed by atoms with E-state index in [9.17, 15) is 8.78 Å². The van der Waals surface area contributed by atoms with Crippen LogP contribution in [0.1, 0.15) is 19.3 Å². The summed E-state index contributed by atoms with van der Waals surface area (Å²) >= 11 is 0. The SMILES string of the molecule is FC1(F)CCC[C@H]2CNC[C@@H]21. The van der Waals surface area contributed by atoms with Crippen molar-refractivity contribution in [3.8, 4) is 0 Å². The van der Waals surface area contributed by atoms with Gasteiger partial charge >= 0.3 is 0 Å². The monoisotopic (exact) mass is 161 g/mol. The number of hydrogen-bond acceptors (Lipinski definition) is 1. The zero-order valence-electron chi connectivity index (χ0n) is 6.45. The van der Waals surface area contributed by atoms with Crippen LogP contribution in [-0.2, 0) is 0 Å². The smallest absolute Gasteiger partial charge is 0.252 e. The van der Waals surface area contributed by atoms with Crippen LogP contribution in [0.3, 0.4) is 0 Å². The first-order chi connectivity index (χ1) is 5.20. The van der Waals surface area contributed by atoms with Gasteiger partial charge in [0.05, 0.1) is 0 Å². The van der Waals surface area contributed by atoms with Crippen LogP contribution in [-0.4, -0.2) is 19.0 Å². The van der Waals surface area contributed by atoms with Crippen molar-refractivity contribution >= 4 is 0 Å². The maximum absolute atomic E-state index is 13.1. The van der Waals surface area contributed by atoms with Crippen molar-refractivity contribution in [2.24, 2.45) is 11.8 Å². The third-order valence-electron chi connectivity index (χ3n) is 2.97. The second-order valence-corrected chi connectivity index (χ2v) is 3.68. The van der Waals surface area contributed by atoms with Gasteiger partial charge in [-0.05, 0) is 25.3 Å². The fourth-order valence-corrected chi connectivity index (χ4v) is 2.32. The molecule has 1 heterocycles. The summed E-state index contributed by atoms with van der Waals surface area (Å²) in [6.07, 6.45) is 1.80. The average Bonchev–Trinajstić information content (AvgIpc) is 2.34. The van der Waals surface area contributed by atoms with Crippen molar-refractivity contribution in [3.63, 3.8) is 0 Å². The normalized spacial score (nSPS) is 42.0. The summed E-state index contributed by atoms with van der Waals surface area (Å²) in [6.45, 7) is 1.33. The molecule has 2 rings (SSSR count). The van der Waals surface area contributed by atoms with Crippen LogP contribution >= 0.6 is 0 Å². The second kappa shape index (κ2) is 2.41. The van der Waals surface area contributed by atoms with E-state index in [1.807, 2.05) is 0 Å². The lowest BCUT2D eigenvalue weighted by Gasteiger charge is -2.32. The predicted molar refractivity (Wildman–Crippen MR) is 38.6 cm³/mol. The molecule has 1 aliphatic heterocycles. The molecular weight excluding hydrogens is 148 g/mol. The Labute approximate surface area is 65.2 Å². The molecule has 0 aromatic heterocycles. The molecule has 1 nitrogen and oxygen atoms in total. The molecule has 0 radical (unpaired) electrons. The number of fused-ring (bicyclic) bond motifs is 1. The maximum Gasteiger partial charge on any atom is 0.252 e. The standard InChI is InChI=1S/C8H13F2N/c9-8(10)3-1-2-6-4-11-5-7(6)8/h6-7,11H,1-5H2/t6-,7-/m0/s1. The van der Waals surface area contributed by atoms with Gasteiger partial charge in [0.25, 0.3) is 5.92 Å². The lowest BCUT2D eigenvalue weighted by atomic mass is 9.79. The van der Waals surface area contributed by atoms with Gasteiger partial charge in [0, 0.05) is 18.9 Å². The summed E-state index contributed by atoms with van der Waals surface area (Å²) in [5, 5.41) is 3.04. The molecule has 0 bridgehead atoms. The molecule has 1 saturated carbocycles. The Morgan fingerprint density at radius 2 is 2.09 bits per heavy atom. The summed E-state index contributed by atoms with van der Waals surface area (Å²) in [6, 6.07) is 0. The van der Waals surface area contributed by atoms with Crippen LogP contribution in [0.5, 0.6) is 0 Å². The van der Waals surface area contributed by atoms with Gasteiger partial charge in [-0.3, -0.25) is 0 Å². The Morgan fingerprint density at radius 3 is 2.82 bits per heavy atom. The molecular formula is C8H13F2N. The summed E-state index contributed by atoms with van der Waals surface area (Å²) in [7, 11) is 0. The van der Waals surface area contributed by atoms with Gasteiger partial charge in [-0.15, -0.1) is 0 Å².